The van der Waals surface area contributed by atoms with Crippen LogP contribution in [0.5, 0.6) is 0 Å². The summed E-state index contributed by atoms with van der Waals surface area (Å²) in [7, 11) is 0. The Hall–Kier alpha value is -2.66. The number of amides is 2. The maximum atomic E-state index is 12.8. The Labute approximate surface area is 179 Å². The van der Waals surface area contributed by atoms with Gasteiger partial charge in [0.1, 0.15) is 0 Å². The third kappa shape index (κ3) is 4.90. The molecule has 1 aliphatic heterocycles. The van der Waals surface area contributed by atoms with Crippen LogP contribution in [0.15, 0.2) is 54.6 Å². The molecule has 0 atom stereocenters. The van der Waals surface area contributed by atoms with E-state index in [-0.39, 0.29) is 11.8 Å². The van der Waals surface area contributed by atoms with Crippen molar-refractivity contribution < 1.29 is 9.59 Å². The fourth-order valence-corrected chi connectivity index (χ4v) is 4.60. The van der Waals surface area contributed by atoms with E-state index in [0.29, 0.717) is 18.0 Å². The van der Waals surface area contributed by atoms with Gasteiger partial charge in [-0.1, -0.05) is 61.4 Å². The average molecular weight is 406 g/mol. The summed E-state index contributed by atoms with van der Waals surface area (Å²) in [6.45, 7) is 4.80. The molecule has 2 aliphatic rings. The number of rotatable bonds is 6. The van der Waals surface area contributed by atoms with Crippen LogP contribution in [-0.2, 0) is 4.79 Å². The number of piperazine rings is 1. The summed E-state index contributed by atoms with van der Waals surface area (Å²) >= 11 is 0. The lowest BCUT2D eigenvalue weighted by atomic mass is 9.99. The van der Waals surface area contributed by atoms with Crippen molar-refractivity contribution in [1.82, 2.24) is 15.1 Å². The van der Waals surface area contributed by atoms with E-state index in [4.69, 9.17) is 0 Å². The van der Waals surface area contributed by atoms with Gasteiger partial charge in [-0.3, -0.25) is 14.5 Å². The monoisotopic (exact) mass is 405 g/mol. The van der Waals surface area contributed by atoms with Gasteiger partial charge in [-0.15, -0.1) is 0 Å². The first-order valence-corrected chi connectivity index (χ1v) is 11.2. The van der Waals surface area contributed by atoms with Gasteiger partial charge in [-0.05, 0) is 30.0 Å². The zero-order valence-electron chi connectivity index (χ0n) is 17.6. The van der Waals surface area contributed by atoms with Gasteiger partial charge in [0.05, 0.1) is 0 Å². The minimum Gasteiger partial charge on any atom is -0.351 e. The van der Waals surface area contributed by atoms with E-state index in [1.807, 2.05) is 59.5 Å². The smallest absolute Gasteiger partial charge is 0.251 e. The van der Waals surface area contributed by atoms with E-state index in [1.54, 1.807) is 0 Å². The molecule has 0 bridgehead atoms. The zero-order chi connectivity index (χ0) is 20.8. The highest BCUT2D eigenvalue weighted by molar-refractivity contribution is 6.00. The minimum atomic E-state index is -0.0375. The van der Waals surface area contributed by atoms with Gasteiger partial charge >= 0.3 is 0 Å². The van der Waals surface area contributed by atoms with Crippen LogP contribution < -0.4 is 5.32 Å². The molecule has 1 saturated heterocycles. The summed E-state index contributed by atoms with van der Waals surface area (Å²) in [4.78, 5) is 29.7. The topological polar surface area (TPSA) is 52.7 Å². The molecule has 4 rings (SSSR count). The van der Waals surface area contributed by atoms with Crippen LogP contribution in [0.3, 0.4) is 0 Å². The summed E-state index contributed by atoms with van der Waals surface area (Å²) in [5, 5.41) is 3.07. The lowest BCUT2D eigenvalue weighted by Crippen LogP contribution is -2.51. The molecule has 5 nitrogen and oxygen atoms in total. The van der Waals surface area contributed by atoms with Crippen molar-refractivity contribution in [3.05, 3.63) is 60.2 Å². The molecule has 0 aromatic heterocycles. The Morgan fingerprint density at radius 1 is 0.867 bits per heavy atom. The molecule has 1 heterocycles. The lowest BCUT2D eigenvalue weighted by molar-refractivity contribution is -0.137. The zero-order valence-corrected chi connectivity index (χ0v) is 17.6. The Kier molecular flexibility index (Phi) is 6.80. The summed E-state index contributed by atoms with van der Waals surface area (Å²) in [5.74, 6) is 0.586. The molecule has 1 saturated carbocycles. The van der Waals surface area contributed by atoms with E-state index in [0.717, 1.165) is 56.7 Å². The summed E-state index contributed by atoms with van der Waals surface area (Å²) in [6, 6.07) is 17.7. The van der Waals surface area contributed by atoms with Gasteiger partial charge < -0.3 is 10.2 Å². The first kappa shape index (κ1) is 20.6. The van der Waals surface area contributed by atoms with Crippen molar-refractivity contribution >= 4 is 11.8 Å². The van der Waals surface area contributed by atoms with Crippen LogP contribution >= 0.6 is 0 Å². The first-order chi connectivity index (χ1) is 14.7. The molecule has 158 valence electrons. The molecule has 0 unspecified atom stereocenters. The van der Waals surface area contributed by atoms with E-state index in [1.165, 1.54) is 12.8 Å². The molecule has 2 fully saturated rings. The normalized spacial score (nSPS) is 17.8. The van der Waals surface area contributed by atoms with Crippen LogP contribution in [0.2, 0.25) is 0 Å². The third-order valence-electron chi connectivity index (χ3n) is 6.36. The molecule has 2 amide bonds. The average Bonchev–Trinajstić information content (AvgIpc) is 3.35. The van der Waals surface area contributed by atoms with Gasteiger partial charge in [-0.25, -0.2) is 0 Å². The standard InChI is InChI=1S/C25H31N3O2/c29-24(23-13-7-6-12-22(23)20-8-2-1-3-9-20)26-14-15-27-16-18-28(19-17-27)25(30)21-10-4-5-11-21/h1-3,6-9,12-13,21H,4-5,10-11,14-19H2,(H,26,29). The number of benzene rings is 2. The molecule has 5 heteroatoms. The van der Waals surface area contributed by atoms with Crippen molar-refractivity contribution in [3.63, 3.8) is 0 Å². The summed E-state index contributed by atoms with van der Waals surface area (Å²) in [6.07, 6.45) is 4.53. The second-order valence-corrected chi connectivity index (χ2v) is 8.32. The van der Waals surface area contributed by atoms with Crippen LogP contribution in [0.4, 0.5) is 0 Å². The van der Waals surface area contributed by atoms with E-state index >= 15 is 0 Å². The fourth-order valence-electron chi connectivity index (χ4n) is 4.60. The molecule has 1 N–H and O–H groups in total. The molecule has 1 aliphatic carbocycles. The van der Waals surface area contributed by atoms with E-state index in [9.17, 15) is 9.59 Å². The maximum absolute atomic E-state index is 12.8. The molecule has 0 spiro atoms. The van der Waals surface area contributed by atoms with Crippen molar-refractivity contribution in [2.24, 2.45) is 5.92 Å². The Bertz CT molecular complexity index is 854. The fraction of sp³-hybridized carbons (Fsp3) is 0.440. The van der Waals surface area contributed by atoms with E-state index in [2.05, 4.69) is 10.2 Å². The number of carbonyl (C=O) groups excluding carboxylic acids is 2. The number of hydrogen-bond donors (Lipinski definition) is 1. The van der Waals surface area contributed by atoms with Crippen LogP contribution in [0, 0.1) is 5.92 Å². The van der Waals surface area contributed by atoms with Gasteiger partial charge in [0.15, 0.2) is 0 Å². The first-order valence-electron chi connectivity index (χ1n) is 11.2. The summed E-state index contributed by atoms with van der Waals surface area (Å²) < 4.78 is 0. The van der Waals surface area contributed by atoms with Gasteiger partial charge in [-0.2, -0.15) is 0 Å². The van der Waals surface area contributed by atoms with Crippen LogP contribution in [0.25, 0.3) is 11.1 Å². The molecular weight excluding hydrogens is 374 g/mol. The van der Waals surface area contributed by atoms with E-state index < -0.39 is 0 Å². The quantitative estimate of drug-likeness (QED) is 0.801. The largest absolute Gasteiger partial charge is 0.351 e. The Morgan fingerprint density at radius 2 is 1.53 bits per heavy atom. The minimum absolute atomic E-state index is 0.0375. The molecule has 30 heavy (non-hydrogen) atoms. The lowest BCUT2D eigenvalue weighted by Gasteiger charge is -2.36. The molecule has 0 radical (unpaired) electrons. The molecule has 2 aromatic carbocycles. The van der Waals surface area contributed by atoms with Gasteiger partial charge in [0.25, 0.3) is 5.91 Å². The number of hydrogen-bond acceptors (Lipinski definition) is 3. The van der Waals surface area contributed by atoms with Crippen LogP contribution in [-0.4, -0.2) is 60.9 Å². The predicted molar refractivity (Wildman–Crippen MR) is 119 cm³/mol. The van der Waals surface area contributed by atoms with Crippen LogP contribution in [0.1, 0.15) is 36.0 Å². The number of nitrogens with zero attached hydrogens (tertiary/aromatic N) is 2. The molecular formula is C25H31N3O2. The third-order valence-corrected chi connectivity index (χ3v) is 6.36. The van der Waals surface area contributed by atoms with Crippen molar-refractivity contribution in [1.29, 1.82) is 0 Å². The van der Waals surface area contributed by atoms with Crippen molar-refractivity contribution in [2.75, 3.05) is 39.3 Å². The maximum Gasteiger partial charge on any atom is 0.251 e. The van der Waals surface area contributed by atoms with Crippen molar-refractivity contribution in [2.45, 2.75) is 25.7 Å². The Balaban J connectivity index is 1.25. The highest BCUT2D eigenvalue weighted by atomic mass is 16.2. The van der Waals surface area contributed by atoms with Crippen molar-refractivity contribution in [3.8, 4) is 11.1 Å². The second-order valence-electron chi connectivity index (χ2n) is 8.32. The Morgan fingerprint density at radius 3 is 2.27 bits per heavy atom. The highest BCUT2D eigenvalue weighted by Crippen LogP contribution is 2.27. The SMILES string of the molecule is O=C(NCCN1CCN(C(=O)C2CCCC2)CC1)c1ccccc1-c1ccccc1. The second kappa shape index (κ2) is 9.90. The van der Waals surface area contributed by atoms with Gasteiger partial charge in [0.2, 0.25) is 5.91 Å². The summed E-state index contributed by atoms with van der Waals surface area (Å²) in [5.41, 5.74) is 2.71. The number of nitrogens with one attached hydrogen (secondary N) is 1. The number of carbonyl (C=O) groups is 2. The highest BCUT2D eigenvalue weighted by Gasteiger charge is 2.29. The molecule has 2 aromatic rings. The predicted octanol–water partition coefficient (Wildman–Crippen LogP) is 3.42. The van der Waals surface area contributed by atoms with Gasteiger partial charge in [0, 0.05) is 50.7 Å².